The Morgan fingerprint density at radius 3 is 2.41 bits per heavy atom. The molecule has 0 aliphatic rings. The zero-order chi connectivity index (χ0) is 25.9. The molecule has 0 saturated heterocycles. The molecule has 0 unspecified atom stereocenters. The molecule has 0 radical (unpaired) electrons. The predicted octanol–water partition coefficient (Wildman–Crippen LogP) is 4.25. The summed E-state index contributed by atoms with van der Waals surface area (Å²) in [5.74, 6) is -0.0176. The average Bonchev–Trinajstić information content (AvgIpc) is 3.32. The summed E-state index contributed by atoms with van der Waals surface area (Å²) in [6, 6.07) is 23.0. The van der Waals surface area contributed by atoms with Crippen LogP contribution in [0.4, 0.5) is 5.69 Å². The van der Waals surface area contributed by atoms with Gasteiger partial charge in [0.1, 0.15) is 6.54 Å². The Kier molecular flexibility index (Phi) is 6.72. The number of benzene rings is 3. The van der Waals surface area contributed by atoms with Crippen molar-refractivity contribution in [3.05, 3.63) is 106 Å². The summed E-state index contributed by atoms with van der Waals surface area (Å²) in [7, 11) is 0. The summed E-state index contributed by atoms with van der Waals surface area (Å²) in [5.41, 5.74) is 1.07. The Labute approximate surface area is 213 Å². The summed E-state index contributed by atoms with van der Waals surface area (Å²) in [6.45, 7) is 4.66. The fourth-order valence-corrected chi connectivity index (χ4v) is 4.46. The third-order valence-corrected chi connectivity index (χ3v) is 6.45. The van der Waals surface area contributed by atoms with Gasteiger partial charge < -0.3 is 9.88 Å². The van der Waals surface area contributed by atoms with Gasteiger partial charge in [0.25, 0.3) is 5.56 Å². The summed E-state index contributed by atoms with van der Waals surface area (Å²) >= 11 is 0. The van der Waals surface area contributed by atoms with Crippen LogP contribution in [0, 0.1) is 5.92 Å². The molecule has 0 spiro atoms. The van der Waals surface area contributed by atoms with Crippen LogP contribution in [0.25, 0.3) is 21.9 Å². The van der Waals surface area contributed by atoms with Crippen LogP contribution in [-0.4, -0.2) is 24.6 Å². The van der Waals surface area contributed by atoms with E-state index in [1.165, 1.54) is 4.57 Å². The largest absolute Gasteiger partial charge is 0.333 e. The normalized spacial score (nSPS) is 11.4. The van der Waals surface area contributed by atoms with Gasteiger partial charge in [0, 0.05) is 12.2 Å². The van der Waals surface area contributed by atoms with Crippen molar-refractivity contribution in [3.63, 3.8) is 0 Å². The molecule has 8 nitrogen and oxygen atoms in total. The lowest BCUT2D eigenvalue weighted by Gasteiger charge is -2.13. The van der Waals surface area contributed by atoms with Crippen molar-refractivity contribution in [1.82, 2.24) is 18.7 Å². The third-order valence-electron chi connectivity index (χ3n) is 6.45. The molecule has 0 atom stereocenters. The first-order valence-electron chi connectivity index (χ1n) is 12.4. The number of hydrogen-bond acceptors (Lipinski definition) is 4. The predicted molar refractivity (Wildman–Crippen MR) is 146 cm³/mol. The van der Waals surface area contributed by atoms with Crippen LogP contribution in [0.5, 0.6) is 0 Å². The Morgan fingerprint density at radius 2 is 1.65 bits per heavy atom. The summed E-state index contributed by atoms with van der Waals surface area (Å²) in [6.07, 6.45) is 2.46. The SMILES string of the molecule is CC(C)CCn1cnc2c1c(=O)n(CC(=O)Nc1ccc3ccccc3c1)c(=O)n2Cc1ccccc1. The molecule has 2 heterocycles. The number of carbonyl (C=O) groups is 1. The van der Waals surface area contributed by atoms with Crippen molar-refractivity contribution in [2.24, 2.45) is 5.92 Å². The fourth-order valence-electron chi connectivity index (χ4n) is 4.46. The number of anilines is 1. The molecule has 8 heteroatoms. The van der Waals surface area contributed by atoms with Crippen LogP contribution in [0.15, 0.2) is 88.7 Å². The van der Waals surface area contributed by atoms with E-state index in [1.807, 2.05) is 66.7 Å². The Morgan fingerprint density at radius 1 is 0.919 bits per heavy atom. The van der Waals surface area contributed by atoms with Gasteiger partial charge >= 0.3 is 5.69 Å². The molecule has 0 aliphatic heterocycles. The second kappa shape index (κ2) is 10.3. The van der Waals surface area contributed by atoms with Crippen LogP contribution >= 0.6 is 0 Å². The molecule has 0 bridgehead atoms. The van der Waals surface area contributed by atoms with Crippen LogP contribution in [0.1, 0.15) is 25.8 Å². The van der Waals surface area contributed by atoms with E-state index in [0.29, 0.717) is 29.3 Å². The van der Waals surface area contributed by atoms with E-state index >= 15 is 0 Å². The van der Waals surface area contributed by atoms with Gasteiger partial charge in [0.15, 0.2) is 11.2 Å². The first-order valence-corrected chi connectivity index (χ1v) is 12.4. The highest BCUT2D eigenvalue weighted by atomic mass is 16.2. The number of nitrogens with one attached hydrogen (secondary N) is 1. The van der Waals surface area contributed by atoms with E-state index in [9.17, 15) is 14.4 Å². The maximum Gasteiger partial charge on any atom is 0.333 e. The zero-order valence-electron chi connectivity index (χ0n) is 20.9. The van der Waals surface area contributed by atoms with E-state index in [0.717, 1.165) is 27.3 Å². The van der Waals surface area contributed by atoms with Crippen molar-refractivity contribution < 1.29 is 4.79 Å². The lowest BCUT2D eigenvalue weighted by atomic mass is 10.1. The number of carbonyl (C=O) groups excluding carboxylic acids is 1. The highest BCUT2D eigenvalue weighted by Crippen LogP contribution is 2.19. The minimum atomic E-state index is -0.566. The van der Waals surface area contributed by atoms with Crippen molar-refractivity contribution in [1.29, 1.82) is 0 Å². The van der Waals surface area contributed by atoms with Gasteiger partial charge in [-0.25, -0.2) is 14.3 Å². The minimum absolute atomic E-state index is 0.240. The van der Waals surface area contributed by atoms with E-state index in [4.69, 9.17) is 0 Å². The van der Waals surface area contributed by atoms with Gasteiger partial charge in [-0.05, 0) is 40.8 Å². The molecule has 3 aromatic carbocycles. The molecule has 0 saturated carbocycles. The highest BCUT2D eigenvalue weighted by Gasteiger charge is 2.20. The topological polar surface area (TPSA) is 90.9 Å². The van der Waals surface area contributed by atoms with Crippen molar-refractivity contribution >= 4 is 33.5 Å². The molecule has 5 aromatic rings. The van der Waals surface area contributed by atoms with Gasteiger partial charge in [-0.15, -0.1) is 0 Å². The molecular formula is C29H29N5O3. The quantitative estimate of drug-likeness (QED) is 0.349. The van der Waals surface area contributed by atoms with Gasteiger partial charge in [0.2, 0.25) is 5.91 Å². The van der Waals surface area contributed by atoms with Crippen LogP contribution in [0.3, 0.4) is 0 Å². The van der Waals surface area contributed by atoms with Crippen molar-refractivity contribution in [2.45, 2.75) is 39.9 Å². The maximum absolute atomic E-state index is 13.6. The summed E-state index contributed by atoms with van der Waals surface area (Å²) in [4.78, 5) is 44.6. The van der Waals surface area contributed by atoms with E-state index in [1.54, 1.807) is 17.0 Å². The molecule has 5 rings (SSSR count). The number of aryl methyl sites for hydroxylation is 1. The number of fused-ring (bicyclic) bond motifs is 2. The van der Waals surface area contributed by atoms with Gasteiger partial charge in [-0.3, -0.25) is 14.2 Å². The van der Waals surface area contributed by atoms with Crippen molar-refractivity contribution in [3.8, 4) is 0 Å². The number of amides is 1. The van der Waals surface area contributed by atoms with Crippen LogP contribution in [-0.2, 0) is 24.4 Å². The molecule has 2 aromatic heterocycles. The lowest BCUT2D eigenvalue weighted by Crippen LogP contribution is -2.43. The van der Waals surface area contributed by atoms with E-state index in [2.05, 4.69) is 24.1 Å². The zero-order valence-corrected chi connectivity index (χ0v) is 20.9. The number of hydrogen-bond donors (Lipinski definition) is 1. The number of aromatic nitrogens is 4. The second-order valence-corrected chi connectivity index (χ2v) is 9.65. The second-order valence-electron chi connectivity index (χ2n) is 9.65. The lowest BCUT2D eigenvalue weighted by molar-refractivity contribution is -0.116. The Balaban J connectivity index is 1.53. The molecule has 37 heavy (non-hydrogen) atoms. The average molecular weight is 496 g/mol. The van der Waals surface area contributed by atoms with E-state index in [-0.39, 0.29) is 6.54 Å². The fraction of sp³-hybridized carbons (Fsp3) is 0.241. The first-order chi connectivity index (χ1) is 17.9. The summed E-state index contributed by atoms with van der Waals surface area (Å²) in [5, 5.41) is 4.87. The van der Waals surface area contributed by atoms with Crippen molar-refractivity contribution in [2.75, 3.05) is 5.32 Å². The third kappa shape index (κ3) is 5.09. The molecule has 188 valence electrons. The Hall–Kier alpha value is -4.46. The summed E-state index contributed by atoms with van der Waals surface area (Å²) < 4.78 is 4.27. The number of imidazole rings is 1. The molecule has 1 amide bonds. The molecule has 0 fully saturated rings. The highest BCUT2D eigenvalue weighted by molar-refractivity contribution is 5.94. The standard InChI is InChI=1S/C29H29N5O3/c1-20(2)14-15-32-19-30-27-26(32)28(36)34(29(37)33(27)17-21-8-4-3-5-9-21)18-25(35)31-24-13-12-22-10-6-7-11-23(22)16-24/h3-13,16,19-20H,14-15,17-18H2,1-2H3,(H,31,35). The maximum atomic E-state index is 13.6. The first kappa shape index (κ1) is 24.2. The van der Waals surface area contributed by atoms with Crippen LogP contribution < -0.4 is 16.6 Å². The molecular weight excluding hydrogens is 466 g/mol. The minimum Gasteiger partial charge on any atom is -0.325 e. The smallest absolute Gasteiger partial charge is 0.325 e. The molecule has 0 aliphatic carbocycles. The van der Waals surface area contributed by atoms with Gasteiger partial charge in [0.05, 0.1) is 12.9 Å². The molecule has 1 N–H and O–H groups in total. The van der Waals surface area contributed by atoms with Gasteiger partial charge in [-0.2, -0.15) is 0 Å². The van der Waals surface area contributed by atoms with Crippen LogP contribution in [0.2, 0.25) is 0 Å². The Bertz CT molecular complexity index is 1700. The monoisotopic (exact) mass is 495 g/mol. The number of nitrogens with zero attached hydrogens (tertiary/aromatic N) is 4. The van der Waals surface area contributed by atoms with Gasteiger partial charge in [-0.1, -0.05) is 74.5 Å². The number of rotatable bonds is 8. The van der Waals surface area contributed by atoms with E-state index < -0.39 is 23.7 Å².